The van der Waals surface area contributed by atoms with E-state index in [1.807, 2.05) is 0 Å². The molecule has 1 fully saturated rings. The lowest BCUT2D eigenvalue weighted by Crippen LogP contribution is -2.45. The van der Waals surface area contributed by atoms with Gasteiger partial charge in [0.2, 0.25) is 10.0 Å². The Hall–Kier alpha value is -1.06. The highest BCUT2D eigenvalue weighted by molar-refractivity contribution is 7.89. The van der Waals surface area contributed by atoms with Crippen LogP contribution in [0, 0.1) is 0 Å². The quantitative estimate of drug-likeness (QED) is 0.863. The van der Waals surface area contributed by atoms with Crippen molar-refractivity contribution < 1.29 is 17.2 Å². The lowest BCUT2D eigenvalue weighted by molar-refractivity contribution is 0.121. The van der Waals surface area contributed by atoms with Gasteiger partial charge < -0.3 is 5.73 Å². The molecular formula is C10H16F2N4O2S. The van der Waals surface area contributed by atoms with Crippen LogP contribution in [-0.2, 0) is 16.6 Å². The first-order valence-corrected chi connectivity index (χ1v) is 7.40. The number of halogens is 2. The minimum absolute atomic E-state index is 0.0674. The molecule has 0 amide bonds. The van der Waals surface area contributed by atoms with Gasteiger partial charge in [0, 0.05) is 25.3 Å². The molecule has 0 saturated carbocycles. The summed E-state index contributed by atoms with van der Waals surface area (Å²) in [5.74, 6) is 0. The molecule has 1 aromatic heterocycles. The number of piperidine rings is 1. The maximum atomic E-state index is 12.3. The van der Waals surface area contributed by atoms with E-state index in [-0.39, 0.29) is 17.5 Å². The fourth-order valence-electron chi connectivity index (χ4n) is 2.06. The Bertz CT molecular complexity index is 531. The number of rotatable bonds is 4. The summed E-state index contributed by atoms with van der Waals surface area (Å²) in [6.07, 6.45) is 1.14. The molecule has 1 aliphatic rings. The molecule has 9 heteroatoms. The van der Waals surface area contributed by atoms with Crippen LogP contribution in [0.25, 0.3) is 0 Å². The van der Waals surface area contributed by atoms with Gasteiger partial charge in [0.1, 0.15) is 11.4 Å². The molecule has 1 aromatic rings. The number of nitrogens with two attached hydrogens (primary N) is 1. The SMILES string of the molecule is NC1CCCN(S(=O)(=O)c2cnn(CC(F)F)c2)C1. The van der Waals surface area contributed by atoms with Crippen LogP contribution in [0.5, 0.6) is 0 Å². The van der Waals surface area contributed by atoms with Gasteiger partial charge in [-0.1, -0.05) is 0 Å². The molecule has 0 radical (unpaired) electrons. The molecule has 1 aliphatic heterocycles. The molecule has 1 unspecified atom stereocenters. The first-order valence-electron chi connectivity index (χ1n) is 5.96. The number of hydrogen-bond donors (Lipinski definition) is 1. The molecule has 0 aromatic carbocycles. The summed E-state index contributed by atoms with van der Waals surface area (Å²) >= 11 is 0. The fourth-order valence-corrected chi connectivity index (χ4v) is 3.55. The zero-order valence-corrected chi connectivity index (χ0v) is 11.1. The van der Waals surface area contributed by atoms with Crippen LogP contribution < -0.4 is 5.73 Å². The summed E-state index contributed by atoms with van der Waals surface area (Å²) in [5, 5.41) is 3.64. The molecule has 19 heavy (non-hydrogen) atoms. The van der Waals surface area contributed by atoms with E-state index in [1.165, 1.54) is 4.31 Å². The van der Waals surface area contributed by atoms with Gasteiger partial charge in [-0.25, -0.2) is 17.2 Å². The minimum atomic E-state index is -3.68. The Labute approximate surface area is 110 Å². The first kappa shape index (κ1) is 14.4. The minimum Gasteiger partial charge on any atom is -0.327 e. The number of hydrogen-bond acceptors (Lipinski definition) is 4. The molecule has 108 valence electrons. The van der Waals surface area contributed by atoms with Crippen LogP contribution >= 0.6 is 0 Å². The summed E-state index contributed by atoms with van der Waals surface area (Å²) in [6.45, 7) is 0.0352. The molecule has 2 heterocycles. The van der Waals surface area contributed by atoms with Crippen molar-refractivity contribution in [3.05, 3.63) is 12.4 Å². The maximum Gasteiger partial charge on any atom is 0.257 e. The molecular weight excluding hydrogens is 278 g/mol. The van der Waals surface area contributed by atoms with E-state index in [9.17, 15) is 17.2 Å². The third-order valence-electron chi connectivity index (χ3n) is 2.99. The van der Waals surface area contributed by atoms with Gasteiger partial charge >= 0.3 is 0 Å². The second kappa shape index (κ2) is 5.51. The predicted octanol–water partition coefficient (Wildman–Crippen LogP) is 0.260. The van der Waals surface area contributed by atoms with Crippen LogP contribution in [0.2, 0.25) is 0 Å². The number of aromatic nitrogens is 2. The van der Waals surface area contributed by atoms with E-state index in [4.69, 9.17) is 5.73 Å². The Morgan fingerprint density at radius 1 is 1.53 bits per heavy atom. The normalized spacial score (nSPS) is 22.0. The van der Waals surface area contributed by atoms with Crippen molar-refractivity contribution in [1.82, 2.24) is 14.1 Å². The summed E-state index contributed by atoms with van der Waals surface area (Å²) in [7, 11) is -3.68. The average Bonchev–Trinajstić information content (AvgIpc) is 2.77. The zero-order valence-electron chi connectivity index (χ0n) is 10.2. The van der Waals surface area contributed by atoms with Gasteiger partial charge in [-0.2, -0.15) is 9.40 Å². The average molecular weight is 294 g/mol. The van der Waals surface area contributed by atoms with E-state index in [2.05, 4.69) is 5.10 Å². The molecule has 1 saturated heterocycles. The van der Waals surface area contributed by atoms with E-state index in [1.54, 1.807) is 0 Å². The summed E-state index contributed by atoms with van der Waals surface area (Å²) in [5.41, 5.74) is 5.74. The van der Waals surface area contributed by atoms with E-state index in [0.717, 1.165) is 23.5 Å². The van der Waals surface area contributed by atoms with Gasteiger partial charge in [0.05, 0.1) is 6.20 Å². The van der Waals surface area contributed by atoms with Crippen LogP contribution in [0.3, 0.4) is 0 Å². The zero-order chi connectivity index (χ0) is 14.0. The maximum absolute atomic E-state index is 12.3. The van der Waals surface area contributed by atoms with Crippen LogP contribution in [0.1, 0.15) is 12.8 Å². The standard InChI is InChI=1S/C10H16F2N4O2S/c11-10(12)7-15-6-9(4-14-15)19(17,18)16-3-1-2-8(13)5-16/h4,6,8,10H,1-3,5,7,13H2. The summed E-state index contributed by atoms with van der Waals surface area (Å²) < 4.78 is 51.1. The molecule has 2 N–H and O–H groups in total. The van der Waals surface area contributed by atoms with Crippen LogP contribution in [0.15, 0.2) is 17.3 Å². The highest BCUT2D eigenvalue weighted by atomic mass is 32.2. The Balaban J connectivity index is 2.17. The third-order valence-corrected chi connectivity index (χ3v) is 4.81. The Morgan fingerprint density at radius 3 is 2.89 bits per heavy atom. The second-order valence-electron chi connectivity index (χ2n) is 4.55. The van der Waals surface area contributed by atoms with Gasteiger partial charge in [-0.15, -0.1) is 0 Å². The topological polar surface area (TPSA) is 81.2 Å². The van der Waals surface area contributed by atoms with Crippen LogP contribution in [0.4, 0.5) is 8.78 Å². The van der Waals surface area contributed by atoms with Crippen molar-refractivity contribution >= 4 is 10.0 Å². The lowest BCUT2D eigenvalue weighted by Gasteiger charge is -2.29. The molecule has 0 bridgehead atoms. The Kier molecular flexibility index (Phi) is 4.16. The number of sulfonamides is 1. The smallest absolute Gasteiger partial charge is 0.257 e. The largest absolute Gasteiger partial charge is 0.327 e. The van der Waals surface area contributed by atoms with Gasteiger partial charge in [-0.05, 0) is 12.8 Å². The predicted molar refractivity (Wildman–Crippen MR) is 64.2 cm³/mol. The van der Waals surface area contributed by atoms with Crippen LogP contribution in [-0.4, -0.2) is 48.1 Å². The highest BCUT2D eigenvalue weighted by Gasteiger charge is 2.30. The lowest BCUT2D eigenvalue weighted by atomic mass is 10.1. The van der Waals surface area contributed by atoms with E-state index < -0.39 is 23.0 Å². The molecule has 6 nitrogen and oxygen atoms in total. The fraction of sp³-hybridized carbons (Fsp3) is 0.700. The molecule has 0 aliphatic carbocycles. The third kappa shape index (κ3) is 3.28. The highest BCUT2D eigenvalue weighted by Crippen LogP contribution is 2.19. The summed E-state index contributed by atoms with van der Waals surface area (Å²) in [4.78, 5) is -0.0674. The molecule has 1 atom stereocenters. The van der Waals surface area contributed by atoms with Gasteiger partial charge in [0.25, 0.3) is 6.43 Å². The van der Waals surface area contributed by atoms with Gasteiger partial charge in [-0.3, -0.25) is 4.68 Å². The van der Waals surface area contributed by atoms with Crippen molar-refractivity contribution in [2.45, 2.75) is 36.7 Å². The van der Waals surface area contributed by atoms with Crippen molar-refractivity contribution in [3.8, 4) is 0 Å². The molecule has 2 rings (SSSR count). The second-order valence-corrected chi connectivity index (χ2v) is 6.49. The van der Waals surface area contributed by atoms with Crippen molar-refractivity contribution in [2.75, 3.05) is 13.1 Å². The summed E-state index contributed by atoms with van der Waals surface area (Å²) in [6, 6.07) is -0.181. The monoisotopic (exact) mass is 294 g/mol. The van der Waals surface area contributed by atoms with Crippen molar-refractivity contribution in [1.29, 1.82) is 0 Å². The van der Waals surface area contributed by atoms with Gasteiger partial charge in [0.15, 0.2) is 0 Å². The van der Waals surface area contributed by atoms with Crippen molar-refractivity contribution in [3.63, 3.8) is 0 Å². The molecule has 0 spiro atoms. The van der Waals surface area contributed by atoms with E-state index in [0.29, 0.717) is 13.0 Å². The first-order chi connectivity index (χ1) is 8.89. The Morgan fingerprint density at radius 2 is 2.26 bits per heavy atom. The van der Waals surface area contributed by atoms with E-state index >= 15 is 0 Å². The van der Waals surface area contributed by atoms with Crippen molar-refractivity contribution in [2.24, 2.45) is 5.73 Å². The number of nitrogens with zero attached hydrogens (tertiary/aromatic N) is 3. The number of alkyl halides is 2.